The van der Waals surface area contributed by atoms with Gasteiger partial charge in [0, 0.05) is 50.5 Å². The van der Waals surface area contributed by atoms with Crippen LogP contribution in [0, 0.1) is 12.7 Å². The average Bonchev–Trinajstić information content (AvgIpc) is 3.53. The van der Waals surface area contributed by atoms with Crippen molar-refractivity contribution in [1.29, 1.82) is 0 Å². The molecule has 0 saturated carbocycles. The van der Waals surface area contributed by atoms with E-state index in [1.807, 2.05) is 27.1 Å². The first kappa shape index (κ1) is 27.2. The predicted octanol–water partition coefficient (Wildman–Crippen LogP) is 2.17. The zero-order valence-electron chi connectivity index (χ0n) is 21.8. The number of piperazine rings is 1. The largest absolute Gasteiger partial charge is 0.480 e. The minimum absolute atomic E-state index is 0.112. The van der Waals surface area contributed by atoms with Gasteiger partial charge in [0.05, 0.1) is 18.2 Å². The van der Waals surface area contributed by atoms with Crippen molar-refractivity contribution in [2.24, 2.45) is 4.99 Å². The number of fused-ring (bicyclic) bond motifs is 1. The smallest absolute Gasteiger partial charge is 0.338 e. The van der Waals surface area contributed by atoms with Crippen LogP contribution < -0.4 is 5.32 Å². The van der Waals surface area contributed by atoms with Gasteiger partial charge < -0.3 is 25.0 Å². The van der Waals surface area contributed by atoms with Gasteiger partial charge in [-0.3, -0.25) is 14.7 Å². The van der Waals surface area contributed by atoms with Crippen LogP contribution in [0.3, 0.4) is 0 Å². The Bertz CT molecular complexity index is 1360. The number of carbonyl (C=O) groups is 2. The van der Waals surface area contributed by atoms with E-state index in [1.54, 1.807) is 32.2 Å². The van der Waals surface area contributed by atoms with Crippen LogP contribution in [0.2, 0.25) is 0 Å². The van der Waals surface area contributed by atoms with Gasteiger partial charge in [0.15, 0.2) is 16.0 Å². The molecule has 3 aliphatic heterocycles. The van der Waals surface area contributed by atoms with Crippen LogP contribution >= 0.6 is 23.6 Å². The number of aliphatic carboxylic acids is 1. The van der Waals surface area contributed by atoms with E-state index in [0.717, 1.165) is 0 Å². The van der Waals surface area contributed by atoms with E-state index >= 15 is 0 Å². The molecule has 2 saturated heterocycles. The number of halogens is 1. The number of esters is 1. The SMILES string of the molecule is CCOC(=O)C1=C(CN2CCN3C(=S)N(C)C[C@@H]3[C@H]2C(=O)O)NC(c2nccs2)=N[C@H]1c1cccc(F)c1C. The minimum atomic E-state index is -0.969. The van der Waals surface area contributed by atoms with Gasteiger partial charge in [-0.2, -0.15) is 0 Å². The number of thiazole rings is 1. The molecular formula is C26H29FN6O4S2. The van der Waals surface area contributed by atoms with Gasteiger partial charge >= 0.3 is 11.9 Å². The van der Waals surface area contributed by atoms with Crippen LogP contribution in [0.25, 0.3) is 0 Å². The van der Waals surface area contributed by atoms with Crippen molar-refractivity contribution in [3.63, 3.8) is 0 Å². The Kier molecular flexibility index (Phi) is 7.65. The number of thiocarbonyl (C=S) groups is 1. The number of rotatable bonds is 7. The highest BCUT2D eigenvalue weighted by Crippen LogP contribution is 2.36. The van der Waals surface area contributed by atoms with Crippen molar-refractivity contribution >= 4 is 46.4 Å². The summed E-state index contributed by atoms with van der Waals surface area (Å²) in [5, 5.41) is 16.6. The van der Waals surface area contributed by atoms with Crippen LogP contribution in [-0.2, 0) is 14.3 Å². The normalized spacial score (nSPS) is 23.4. The highest BCUT2D eigenvalue weighted by atomic mass is 32.1. The molecule has 39 heavy (non-hydrogen) atoms. The van der Waals surface area contributed by atoms with Crippen LogP contribution in [0.1, 0.15) is 29.1 Å². The number of likely N-dealkylation sites (N-methyl/N-ethyl adjacent to an activating group) is 1. The molecule has 4 heterocycles. The average molecular weight is 573 g/mol. The van der Waals surface area contributed by atoms with E-state index in [9.17, 15) is 19.1 Å². The summed E-state index contributed by atoms with van der Waals surface area (Å²) in [5.74, 6) is -1.55. The Morgan fingerprint density at radius 1 is 1.33 bits per heavy atom. The summed E-state index contributed by atoms with van der Waals surface area (Å²) in [6.45, 7) is 5.06. The van der Waals surface area contributed by atoms with Gasteiger partial charge in [0.25, 0.3) is 0 Å². The van der Waals surface area contributed by atoms with Crippen LogP contribution in [0.4, 0.5) is 4.39 Å². The first-order chi connectivity index (χ1) is 18.7. The van der Waals surface area contributed by atoms with Crippen molar-refractivity contribution in [2.45, 2.75) is 32.0 Å². The first-order valence-electron chi connectivity index (χ1n) is 12.6. The molecule has 5 rings (SSSR count). The van der Waals surface area contributed by atoms with Crippen molar-refractivity contribution in [3.8, 4) is 0 Å². The number of aromatic nitrogens is 1. The fourth-order valence-electron chi connectivity index (χ4n) is 5.43. The van der Waals surface area contributed by atoms with E-state index in [-0.39, 0.29) is 24.8 Å². The summed E-state index contributed by atoms with van der Waals surface area (Å²) >= 11 is 6.89. The Morgan fingerprint density at radius 3 is 2.82 bits per heavy atom. The molecule has 0 aliphatic carbocycles. The Morgan fingerprint density at radius 2 is 2.13 bits per heavy atom. The molecule has 0 bridgehead atoms. The number of nitrogens with one attached hydrogen (secondary N) is 1. The molecule has 0 amide bonds. The van der Waals surface area contributed by atoms with Gasteiger partial charge in [-0.25, -0.2) is 14.2 Å². The molecule has 1 aromatic heterocycles. The fourth-order valence-corrected chi connectivity index (χ4v) is 6.32. The number of aliphatic imine (C=N–C) groups is 1. The lowest BCUT2D eigenvalue weighted by Gasteiger charge is -2.43. The molecule has 1 aromatic carbocycles. The number of hydrogen-bond acceptors (Lipinski definition) is 9. The maximum atomic E-state index is 14.7. The monoisotopic (exact) mass is 572 g/mol. The van der Waals surface area contributed by atoms with Crippen LogP contribution in [-0.4, -0.2) is 99.6 Å². The number of carboxylic acids is 1. The lowest BCUT2D eigenvalue weighted by atomic mass is 9.91. The number of benzene rings is 1. The first-order valence-corrected chi connectivity index (χ1v) is 13.9. The molecular weight excluding hydrogens is 543 g/mol. The maximum absolute atomic E-state index is 14.7. The van der Waals surface area contributed by atoms with Crippen molar-refractivity contribution in [3.05, 3.63) is 63.0 Å². The second-order valence-corrected chi connectivity index (χ2v) is 10.8. The van der Waals surface area contributed by atoms with Gasteiger partial charge in [0.2, 0.25) is 0 Å². The molecule has 10 nitrogen and oxygen atoms in total. The number of ether oxygens (including phenoxy) is 1. The number of nitrogens with zero attached hydrogens (tertiary/aromatic N) is 5. The Hall–Kier alpha value is -3.42. The van der Waals surface area contributed by atoms with Gasteiger partial charge in [-0.05, 0) is 43.3 Å². The molecule has 206 valence electrons. The number of carboxylic acid groups (broad SMARTS) is 1. The lowest BCUT2D eigenvalue weighted by Crippen LogP contribution is -2.62. The third kappa shape index (κ3) is 5.01. The van der Waals surface area contributed by atoms with E-state index < -0.39 is 29.8 Å². The zero-order valence-corrected chi connectivity index (χ0v) is 23.4. The topological polar surface area (TPSA) is 111 Å². The summed E-state index contributed by atoms with van der Waals surface area (Å²) in [7, 11) is 1.86. The molecule has 0 unspecified atom stereocenters. The molecule has 0 spiro atoms. The quantitative estimate of drug-likeness (QED) is 0.378. The molecule has 13 heteroatoms. The van der Waals surface area contributed by atoms with Gasteiger partial charge in [-0.15, -0.1) is 11.3 Å². The Labute approximate surface area is 234 Å². The summed E-state index contributed by atoms with van der Waals surface area (Å²) in [6.07, 6.45) is 1.65. The molecule has 2 N–H and O–H groups in total. The van der Waals surface area contributed by atoms with E-state index in [4.69, 9.17) is 21.9 Å². The molecule has 2 aromatic rings. The third-order valence-corrected chi connectivity index (χ3v) is 8.62. The number of hydrogen-bond donors (Lipinski definition) is 2. The highest BCUT2D eigenvalue weighted by molar-refractivity contribution is 7.80. The standard InChI is InChI=1S/C26H29FN6O4S2/c1-4-37-25(36)19-17(12-32-9-10-33-18(21(32)24(34)35)13-31(3)26(33)38)29-22(23-28-8-11-39-23)30-20(19)15-6-5-7-16(27)14(15)2/h5-8,11,18,20-21H,4,9-10,12-13H2,1-3H3,(H,29,30)(H,34,35)/t18-,20+,21+/m1/s1. The van der Waals surface area contributed by atoms with E-state index in [1.165, 1.54) is 17.4 Å². The second kappa shape index (κ2) is 11.0. The maximum Gasteiger partial charge on any atom is 0.338 e. The fraction of sp³-hybridized carbons (Fsp3) is 0.423. The Balaban J connectivity index is 1.60. The van der Waals surface area contributed by atoms with E-state index in [0.29, 0.717) is 52.4 Å². The number of carbonyl (C=O) groups excluding carboxylic acids is 1. The van der Waals surface area contributed by atoms with Gasteiger partial charge in [0.1, 0.15) is 17.9 Å². The molecule has 3 aliphatic rings. The summed E-state index contributed by atoms with van der Waals surface area (Å²) in [4.78, 5) is 40.9. The van der Waals surface area contributed by atoms with Crippen molar-refractivity contribution < 1.29 is 23.8 Å². The van der Waals surface area contributed by atoms with Crippen molar-refractivity contribution in [2.75, 3.05) is 39.8 Å². The summed E-state index contributed by atoms with van der Waals surface area (Å²) in [6, 6.07) is 2.61. The summed E-state index contributed by atoms with van der Waals surface area (Å²) < 4.78 is 20.1. The molecule has 3 atom stereocenters. The van der Waals surface area contributed by atoms with Crippen molar-refractivity contribution in [1.82, 2.24) is 25.0 Å². The van der Waals surface area contributed by atoms with Gasteiger partial charge in [-0.1, -0.05) is 12.1 Å². The minimum Gasteiger partial charge on any atom is -0.480 e. The van der Waals surface area contributed by atoms with Crippen LogP contribution in [0.15, 0.2) is 46.0 Å². The third-order valence-electron chi connectivity index (χ3n) is 7.29. The second-order valence-electron chi connectivity index (χ2n) is 9.59. The van der Waals surface area contributed by atoms with Crippen LogP contribution in [0.5, 0.6) is 0 Å². The number of amidine groups is 1. The van der Waals surface area contributed by atoms with E-state index in [2.05, 4.69) is 10.3 Å². The highest BCUT2D eigenvalue weighted by Gasteiger charge is 2.47. The molecule has 0 radical (unpaired) electrons. The molecule has 2 fully saturated rings. The zero-order chi connectivity index (χ0) is 27.8. The lowest BCUT2D eigenvalue weighted by molar-refractivity contribution is -0.146. The summed E-state index contributed by atoms with van der Waals surface area (Å²) in [5.41, 5.74) is 1.56. The predicted molar refractivity (Wildman–Crippen MR) is 148 cm³/mol.